The van der Waals surface area contributed by atoms with Crippen LogP contribution in [-0.2, 0) is 13.1 Å². The summed E-state index contributed by atoms with van der Waals surface area (Å²) in [6, 6.07) is 19.3. The van der Waals surface area contributed by atoms with Crippen molar-refractivity contribution >= 4 is 10.9 Å². The zero-order valence-electron chi connectivity index (χ0n) is 14.1. The molecule has 4 nitrogen and oxygen atoms in total. The Morgan fingerprint density at radius 2 is 1.79 bits per heavy atom. The lowest BCUT2D eigenvalue weighted by Gasteiger charge is -2.15. The molecule has 0 bridgehead atoms. The van der Waals surface area contributed by atoms with Gasteiger partial charge in [0.25, 0.3) is 0 Å². The Bertz CT molecular complexity index is 824. The Hall–Kier alpha value is -2.17. The highest BCUT2D eigenvalue weighted by molar-refractivity contribution is 5.81. The van der Waals surface area contributed by atoms with Crippen molar-refractivity contribution in [3.05, 3.63) is 65.9 Å². The third-order valence-corrected chi connectivity index (χ3v) is 5.08. The van der Waals surface area contributed by atoms with Gasteiger partial charge >= 0.3 is 0 Å². The van der Waals surface area contributed by atoms with Crippen LogP contribution in [-0.4, -0.2) is 33.8 Å². The Morgan fingerprint density at radius 3 is 2.58 bits per heavy atom. The van der Waals surface area contributed by atoms with Gasteiger partial charge in [-0.3, -0.25) is 9.58 Å². The number of hydrogen-bond donors (Lipinski definition) is 1. The molecule has 0 amide bonds. The van der Waals surface area contributed by atoms with Gasteiger partial charge in [-0.1, -0.05) is 48.5 Å². The largest absolute Gasteiger partial charge is 0.326 e. The van der Waals surface area contributed by atoms with Crippen molar-refractivity contribution in [2.24, 2.45) is 5.73 Å². The second kappa shape index (κ2) is 6.38. The molecule has 124 valence electrons. The SMILES string of the molecule is CCn1nc(CN2C[C@@H](N)[C@H](c3ccccc3)C2)c2ccccc21. The molecule has 0 radical (unpaired) electrons. The van der Waals surface area contributed by atoms with Gasteiger partial charge in [-0.05, 0) is 18.6 Å². The van der Waals surface area contributed by atoms with Crippen molar-refractivity contribution in [2.45, 2.75) is 32.0 Å². The first-order valence-corrected chi connectivity index (χ1v) is 8.73. The monoisotopic (exact) mass is 320 g/mol. The highest BCUT2D eigenvalue weighted by Crippen LogP contribution is 2.28. The average Bonchev–Trinajstić information content (AvgIpc) is 3.17. The summed E-state index contributed by atoms with van der Waals surface area (Å²) in [5.74, 6) is 0.408. The highest BCUT2D eigenvalue weighted by Gasteiger charge is 2.31. The summed E-state index contributed by atoms with van der Waals surface area (Å²) in [4.78, 5) is 2.44. The molecule has 2 aromatic carbocycles. The van der Waals surface area contributed by atoms with Crippen LogP contribution in [0.5, 0.6) is 0 Å². The van der Waals surface area contributed by atoms with E-state index < -0.39 is 0 Å². The standard InChI is InChI=1S/C20H24N4/c1-2-24-20-11-7-6-10-16(20)19(22-24)14-23-12-17(18(21)13-23)15-8-4-3-5-9-15/h3-11,17-18H,2,12-14,21H2,1H3/t17-,18+/m0/s1. The van der Waals surface area contributed by atoms with Crippen molar-refractivity contribution in [2.75, 3.05) is 13.1 Å². The normalized spacial score (nSPS) is 21.6. The van der Waals surface area contributed by atoms with Crippen LogP contribution in [0.3, 0.4) is 0 Å². The fraction of sp³-hybridized carbons (Fsp3) is 0.350. The minimum atomic E-state index is 0.187. The van der Waals surface area contributed by atoms with Crippen molar-refractivity contribution < 1.29 is 0 Å². The van der Waals surface area contributed by atoms with E-state index in [1.54, 1.807) is 0 Å². The number of rotatable bonds is 4. The van der Waals surface area contributed by atoms with Gasteiger partial charge in [-0.2, -0.15) is 5.10 Å². The summed E-state index contributed by atoms with van der Waals surface area (Å²) >= 11 is 0. The summed E-state index contributed by atoms with van der Waals surface area (Å²) in [6.45, 7) is 5.82. The van der Waals surface area contributed by atoms with Gasteiger partial charge in [-0.25, -0.2) is 0 Å². The van der Waals surface area contributed by atoms with Gasteiger partial charge in [-0.15, -0.1) is 0 Å². The first kappa shape index (κ1) is 15.4. The first-order chi connectivity index (χ1) is 11.8. The highest BCUT2D eigenvalue weighted by atomic mass is 15.3. The van der Waals surface area contributed by atoms with Crippen molar-refractivity contribution in [3.8, 4) is 0 Å². The predicted molar refractivity (Wildman–Crippen MR) is 97.8 cm³/mol. The molecule has 24 heavy (non-hydrogen) atoms. The minimum Gasteiger partial charge on any atom is -0.326 e. The molecule has 0 saturated carbocycles. The van der Waals surface area contributed by atoms with Gasteiger partial charge in [0.1, 0.15) is 0 Å². The first-order valence-electron chi connectivity index (χ1n) is 8.73. The Balaban J connectivity index is 1.57. The molecule has 1 aliphatic heterocycles. The molecule has 4 heteroatoms. The number of fused-ring (bicyclic) bond motifs is 1. The fourth-order valence-electron chi connectivity index (χ4n) is 3.86. The number of nitrogens with two attached hydrogens (primary N) is 1. The summed E-state index contributed by atoms with van der Waals surface area (Å²) in [6.07, 6.45) is 0. The maximum Gasteiger partial charge on any atom is 0.0843 e. The smallest absolute Gasteiger partial charge is 0.0843 e. The van der Waals surface area contributed by atoms with E-state index >= 15 is 0 Å². The van der Waals surface area contributed by atoms with Crippen LogP contribution in [0.25, 0.3) is 10.9 Å². The lowest BCUT2D eigenvalue weighted by Crippen LogP contribution is -2.28. The predicted octanol–water partition coefficient (Wildman–Crippen LogP) is 2.98. The number of aryl methyl sites for hydroxylation is 1. The van der Waals surface area contributed by atoms with E-state index in [1.807, 2.05) is 0 Å². The van der Waals surface area contributed by atoms with Crippen LogP contribution in [0.1, 0.15) is 24.1 Å². The molecule has 1 aliphatic rings. The van der Waals surface area contributed by atoms with Crippen molar-refractivity contribution in [1.29, 1.82) is 0 Å². The van der Waals surface area contributed by atoms with E-state index in [9.17, 15) is 0 Å². The number of likely N-dealkylation sites (tertiary alicyclic amines) is 1. The third kappa shape index (κ3) is 2.72. The van der Waals surface area contributed by atoms with E-state index in [1.165, 1.54) is 16.5 Å². The molecule has 2 N–H and O–H groups in total. The van der Waals surface area contributed by atoms with E-state index in [2.05, 4.69) is 71.1 Å². The summed E-state index contributed by atoms with van der Waals surface area (Å²) in [5, 5.41) is 6.09. The van der Waals surface area contributed by atoms with Gasteiger partial charge in [0, 0.05) is 43.5 Å². The molecule has 0 aliphatic carbocycles. The Labute approximate surface area is 142 Å². The fourth-order valence-corrected chi connectivity index (χ4v) is 3.86. The zero-order chi connectivity index (χ0) is 16.5. The van der Waals surface area contributed by atoms with Gasteiger partial charge in [0.2, 0.25) is 0 Å². The van der Waals surface area contributed by atoms with Crippen LogP contribution in [0.2, 0.25) is 0 Å². The number of benzene rings is 2. The second-order valence-corrected chi connectivity index (χ2v) is 6.65. The van der Waals surface area contributed by atoms with Gasteiger partial charge < -0.3 is 5.73 Å². The van der Waals surface area contributed by atoms with Crippen LogP contribution in [0.4, 0.5) is 0 Å². The molecule has 1 saturated heterocycles. The van der Waals surface area contributed by atoms with Crippen LogP contribution in [0, 0.1) is 0 Å². The molecule has 2 heterocycles. The number of nitrogens with zero attached hydrogens (tertiary/aromatic N) is 3. The molecule has 3 aromatic rings. The lowest BCUT2D eigenvalue weighted by atomic mass is 9.95. The van der Waals surface area contributed by atoms with Crippen LogP contribution >= 0.6 is 0 Å². The summed E-state index contributed by atoms with van der Waals surface area (Å²) in [7, 11) is 0. The molecule has 1 aromatic heterocycles. The second-order valence-electron chi connectivity index (χ2n) is 6.65. The van der Waals surface area contributed by atoms with Gasteiger partial charge in [0.15, 0.2) is 0 Å². The third-order valence-electron chi connectivity index (χ3n) is 5.08. The van der Waals surface area contributed by atoms with E-state index in [4.69, 9.17) is 10.8 Å². The zero-order valence-corrected chi connectivity index (χ0v) is 14.1. The van der Waals surface area contributed by atoms with E-state index in [-0.39, 0.29) is 6.04 Å². The molecule has 2 atom stereocenters. The Kier molecular flexibility index (Phi) is 4.08. The molecule has 1 fully saturated rings. The maximum atomic E-state index is 6.43. The van der Waals surface area contributed by atoms with Gasteiger partial charge in [0.05, 0.1) is 11.2 Å². The van der Waals surface area contributed by atoms with Crippen molar-refractivity contribution in [3.63, 3.8) is 0 Å². The maximum absolute atomic E-state index is 6.43. The number of para-hydroxylation sites is 1. The minimum absolute atomic E-state index is 0.187. The quantitative estimate of drug-likeness (QED) is 0.804. The Morgan fingerprint density at radius 1 is 1.04 bits per heavy atom. The summed E-state index contributed by atoms with van der Waals surface area (Å²) < 4.78 is 2.09. The van der Waals surface area contributed by atoms with Crippen LogP contribution < -0.4 is 5.73 Å². The topological polar surface area (TPSA) is 47.1 Å². The molecule has 0 unspecified atom stereocenters. The van der Waals surface area contributed by atoms with E-state index in [0.717, 1.165) is 31.9 Å². The molecule has 4 rings (SSSR count). The average molecular weight is 320 g/mol. The van der Waals surface area contributed by atoms with E-state index in [0.29, 0.717) is 5.92 Å². The lowest BCUT2D eigenvalue weighted by molar-refractivity contribution is 0.319. The van der Waals surface area contributed by atoms with Crippen molar-refractivity contribution in [1.82, 2.24) is 14.7 Å². The number of aromatic nitrogens is 2. The molecular formula is C20H24N4. The summed E-state index contributed by atoms with van der Waals surface area (Å²) in [5.41, 5.74) is 10.2. The number of hydrogen-bond acceptors (Lipinski definition) is 3. The van der Waals surface area contributed by atoms with Crippen LogP contribution in [0.15, 0.2) is 54.6 Å². The molecular weight excluding hydrogens is 296 g/mol. The molecule has 0 spiro atoms.